The number of amides is 1. The second kappa shape index (κ2) is 8.93. The van der Waals surface area contributed by atoms with Gasteiger partial charge in [0.05, 0.1) is 5.25 Å². The number of hydrogen-bond acceptors (Lipinski definition) is 5. The van der Waals surface area contributed by atoms with Crippen LogP contribution in [0.15, 0.2) is 27.5 Å². The molecule has 6 nitrogen and oxygen atoms in total. The molecule has 0 aliphatic rings. The maximum Gasteiger partial charge on any atom is 0.343 e. The molecule has 0 bridgehead atoms. The van der Waals surface area contributed by atoms with Crippen molar-refractivity contribution in [2.24, 2.45) is 0 Å². The maximum atomic E-state index is 12.2. The Kier molecular flexibility index (Phi) is 6.91. The van der Waals surface area contributed by atoms with Crippen molar-refractivity contribution in [3.8, 4) is 0 Å². The van der Waals surface area contributed by atoms with Crippen LogP contribution in [-0.4, -0.2) is 32.5 Å². The van der Waals surface area contributed by atoms with Gasteiger partial charge >= 0.3 is 5.69 Å². The van der Waals surface area contributed by atoms with Gasteiger partial charge in [-0.1, -0.05) is 31.2 Å². The molecular formula is C15H22N4O2S2. The zero-order valence-corrected chi connectivity index (χ0v) is 15.0. The Morgan fingerprint density at radius 3 is 3.09 bits per heavy atom. The summed E-state index contributed by atoms with van der Waals surface area (Å²) in [6.45, 7) is 5.14. The van der Waals surface area contributed by atoms with Gasteiger partial charge in [0.25, 0.3) is 0 Å². The van der Waals surface area contributed by atoms with Crippen LogP contribution in [0, 0.1) is 0 Å². The minimum atomic E-state index is -0.297. The molecule has 2 N–H and O–H groups in total. The largest absolute Gasteiger partial charge is 0.355 e. The Balaban J connectivity index is 1.84. The van der Waals surface area contributed by atoms with Gasteiger partial charge in [0.15, 0.2) is 5.16 Å². The number of thioether (sulfide) groups is 1. The number of unbranched alkanes of at least 4 members (excludes halogenated alkanes) is 1. The lowest BCUT2D eigenvalue weighted by atomic mass is 10.3. The fourth-order valence-corrected chi connectivity index (χ4v) is 3.64. The van der Waals surface area contributed by atoms with E-state index in [0.29, 0.717) is 18.2 Å². The van der Waals surface area contributed by atoms with Crippen molar-refractivity contribution in [1.82, 2.24) is 20.1 Å². The Bertz CT molecular complexity index is 663. The summed E-state index contributed by atoms with van der Waals surface area (Å²) in [5, 5.41) is 11.7. The van der Waals surface area contributed by atoms with Crippen LogP contribution in [0.3, 0.4) is 0 Å². The highest BCUT2D eigenvalue weighted by atomic mass is 32.2. The topological polar surface area (TPSA) is 79.8 Å². The van der Waals surface area contributed by atoms with Gasteiger partial charge in [-0.05, 0) is 31.2 Å². The van der Waals surface area contributed by atoms with E-state index >= 15 is 0 Å². The van der Waals surface area contributed by atoms with Gasteiger partial charge in [-0.15, -0.1) is 16.4 Å². The molecular weight excluding hydrogens is 332 g/mol. The van der Waals surface area contributed by atoms with Crippen LogP contribution >= 0.6 is 23.1 Å². The molecule has 0 saturated carbocycles. The zero-order chi connectivity index (χ0) is 16.7. The number of aromatic amines is 1. The molecule has 0 saturated heterocycles. The molecule has 23 heavy (non-hydrogen) atoms. The summed E-state index contributed by atoms with van der Waals surface area (Å²) in [6, 6.07) is 4.07. The standard InChI is InChI=1S/C15H22N4O2S2/c1-3-4-9-19-14(21)17-18-15(19)23-11(2)13(20)16-8-7-12-6-5-10-22-12/h5-6,10-11H,3-4,7-9H2,1-2H3,(H,16,20)(H,17,21). The zero-order valence-electron chi connectivity index (χ0n) is 13.4. The molecule has 0 aliphatic heterocycles. The fourth-order valence-electron chi connectivity index (χ4n) is 2.03. The monoisotopic (exact) mass is 354 g/mol. The number of rotatable bonds is 9. The van der Waals surface area contributed by atoms with E-state index < -0.39 is 0 Å². The SMILES string of the molecule is CCCCn1c(SC(C)C(=O)NCCc2cccs2)n[nH]c1=O. The average Bonchev–Trinajstić information content (AvgIpc) is 3.16. The van der Waals surface area contributed by atoms with Gasteiger partial charge in [0.2, 0.25) is 5.91 Å². The Morgan fingerprint density at radius 1 is 1.57 bits per heavy atom. The van der Waals surface area contributed by atoms with E-state index in [1.54, 1.807) is 15.9 Å². The number of nitrogens with zero attached hydrogens (tertiary/aromatic N) is 2. The molecule has 0 spiro atoms. The van der Waals surface area contributed by atoms with Gasteiger partial charge in [-0.2, -0.15) is 0 Å². The summed E-state index contributed by atoms with van der Waals surface area (Å²) in [6.07, 6.45) is 2.75. The van der Waals surface area contributed by atoms with Crippen LogP contribution in [0.5, 0.6) is 0 Å². The van der Waals surface area contributed by atoms with E-state index in [-0.39, 0.29) is 16.8 Å². The van der Waals surface area contributed by atoms with Crippen molar-refractivity contribution < 1.29 is 4.79 Å². The van der Waals surface area contributed by atoms with Crippen LogP contribution < -0.4 is 11.0 Å². The van der Waals surface area contributed by atoms with Crippen LogP contribution in [0.25, 0.3) is 0 Å². The average molecular weight is 355 g/mol. The number of hydrogen-bond donors (Lipinski definition) is 2. The Morgan fingerprint density at radius 2 is 2.39 bits per heavy atom. The summed E-state index contributed by atoms with van der Waals surface area (Å²) in [5.74, 6) is -0.0379. The van der Waals surface area contributed by atoms with Crippen LogP contribution in [0.1, 0.15) is 31.6 Å². The predicted molar refractivity (Wildman–Crippen MR) is 94.1 cm³/mol. The van der Waals surface area contributed by atoms with Crippen molar-refractivity contribution in [3.63, 3.8) is 0 Å². The van der Waals surface area contributed by atoms with Gasteiger partial charge in [-0.25, -0.2) is 9.89 Å². The second-order valence-corrected chi connectivity index (χ2v) is 7.54. The summed E-state index contributed by atoms with van der Waals surface area (Å²) in [7, 11) is 0. The van der Waals surface area contributed by atoms with E-state index in [1.807, 2.05) is 18.4 Å². The van der Waals surface area contributed by atoms with Gasteiger partial charge in [0, 0.05) is 18.0 Å². The lowest BCUT2D eigenvalue weighted by Crippen LogP contribution is -2.32. The number of aromatic nitrogens is 3. The molecule has 8 heteroatoms. The van der Waals surface area contributed by atoms with E-state index in [2.05, 4.69) is 28.5 Å². The van der Waals surface area contributed by atoms with E-state index in [0.717, 1.165) is 19.3 Å². The molecule has 2 rings (SSSR count). The third-order valence-corrected chi connectivity index (χ3v) is 5.39. The molecule has 0 radical (unpaired) electrons. The maximum absolute atomic E-state index is 12.2. The number of nitrogens with one attached hydrogen (secondary N) is 2. The van der Waals surface area contributed by atoms with Gasteiger partial charge < -0.3 is 5.32 Å². The van der Waals surface area contributed by atoms with E-state index in [1.165, 1.54) is 16.6 Å². The number of H-pyrrole nitrogens is 1. The molecule has 1 unspecified atom stereocenters. The van der Waals surface area contributed by atoms with Gasteiger partial charge in [0.1, 0.15) is 0 Å². The van der Waals surface area contributed by atoms with Crippen LogP contribution in [-0.2, 0) is 17.8 Å². The highest BCUT2D eigenvalue weighted by molar-refractivity contribution is 8.00. The summed E-state index contributed by atoms with van der Waals surface area (Å²) < 4.78 is 1.60. The van der Waals surface area contributed by atoms with Crippen molar-refractivity contribution in [2.45, 2.75) is 50.1 Å². The molecule has 1 atom stereocenters. The predicted octanol–water partition coefficient (Wildman–Crippen LogP) is 2.27. The van der Waals surface area contributed by atoms with Crippen molar-refractivity contribution in [2.75, 3.05) is 6.54 Å². The summed E-state index contributed by atoms with van der Waals surface area (Å²) in [5.41, 5.74) is -0.216. The van der Waals surface area contributed by atoms with Crippen molar-refractivity contribution >= 4 is 29.0 Å². The molecule has 2 aromatic heterocycles. The Hall–Kier alpha value is -1.54. The summed E-state index contributed by atoms with van der Waals surface area (Å²) >= 11 is 3.00. The van der Waals surface area contributed by atoms with Gasteiger partial charge in [-0.3, -0.25) is 9.36 Å². The number of carbonyl (C=O) groups is 1. The normalized spacial score (nSPS) is 12.3. The molecule has 2 aromatic rings. The third-order valence-electron chi connectivity index (χ3n) is 3.36. The number of carbonyl (C=O) groups excluding carboxylic acids is 1. The lowest BCUT2D eigenvalue weighted by molar-refractivity contribution is -0.120. The first-order valence-electron chi connectivity index (χ1n) is 7.73. The Labute approximate surface area is 143 Å². The van der Waals surface area contributed by atoms with E-state index in [4.69, 9.17) is 0 Å². The molecule has 0 aromatic carbocycles. The van der Waals surface area contributed by atoms with E-state index in [9.17, 15) is 9.59 Å². The first kappa shape index (κ1) is 17.8. The lowest BCUT2D eigenvalue weighted by Gasteiger charge is -2.11. The highest BCUT2D eigenvalue weighted by Gasteiger charge is 2.18. The number of thiophene rings is 1. The molecule has 1 amide bonds. The minimum Gasteiger partial charge on any atom is -0.355 e. The molecule has 2 heterocycles. The third kappa shape index (κ3) is 5.24. The van der Waals surface area contributed by atoms with Crippen LogP contribution in [0.4, 0.5) is 0 Å². The molecule has 0 fully saturated rings. The van der Waals surface area contributed by atoms with Crippen LogP contribution in [0.2, 0.25) is 0 Å². The first-order valence-corrected chi connectivity index (χ1v) is 9.49. The molecule has 0 aliphatic carbocycles. The smallest absolute Gasteiger partial charge is 0.343 e. The van der Waals surface area contributed by atoms with Crippen molar-refractivity contribution in [1.29, 1.82) is 0 Å². The summed E-state index contributed by atoms with van der Waals surface area (Å²) in [4.78, 5) is 25.1. The molecule has 126 valence electrons. The second-order valence-electron chi connectivity index (χ2n) is 5.20. The minimum absolute atomic E-state index is 0.0379. The fraction of sp³-hybridized carbons (Fsp3) is 0.533. The first-order chi connectivity index (χ1) is 11.1. The quantitative estimate of drug-likeness (QED) is 0.677. The van der Waals surface area contributed by atoms with Crippen molar-refractivity contribution in [3.05, 3.63) is 32.9 Å². The highest BCUT2D eigenvalue weighted by Crippen LogP contribution is 2.20.